The van der Waals surface area contributed by atoms with Crippen molar-refractivity contribution in [3.8, 4) is 5.88 Å². The van der Waals surface area contributed by atoms with Gasteiger partial charge in [0.2, 0.25) is 11.8 Å². The molecule has 0 aliphatic carbocycles. The number of oxazole rings is 1. The van der Waals surface area contributed by atoms with Crippen molar-refractivity contribution in [2.75, 3.05) is 5.32 Å². The number of ether oxygens (including phenoxy) is 1. The molecule has 3 N–H and O–H groups in total. The number of aliphatic imine (C=N–C) groups is 1. The molecule has 39 heavy (non-hydrogen) atoms. The third-order valence-corrected chi connectivity index (χ3v) is 10.7. The van der Waals surface area contributed by atoms with E-state index in [0.717, 1.165) is 0 Å². The summed E-state index contributed by atoms with van der Waals surface area (Å²) in [6.45, 7) is 5.11. The summed E-state index contributed by atoms with van der Waals surface area (Å²) in [6, 6.07) is 6.05. The third kappa shape index (κ3) is 3.90. The lowest BCUT2D eigenvalue weighted by molar-refractivity contribution is 0.251. The topological polar surface area (TPSA) is 158 Å². The maximum atomic E-state index is 15.2. The standard InChI is InChI=1S/C26H26FN7O4S/c1-14-11-30-21(38-14)13-37-20-12-31-22-18(33-20)7-9-29-23(22)32-15-4-5-17(27)16(10-15)26(3)19-6-8-25(2,24(28)34-26)39(19,35)36/h4-5,7,9-12,19H,6,8,13H2,1-3H3,(H2,28,34)(H,29,32)/t19-,25+,26+/m0/s1. The average Bonchev–Trinajstić information content (AvgIpc) is 3.39. The van der Waals surface area contributed by atoms with Crippen LogP contribution in [0.5, 0.6) is 5.88 Å². The van der Waals surface area contributed by atoms with E-state index in [4.69, 9.17) is 14.9 Å². The monoisotopic (exact) mass is 551 g/mol. The molecule has 4 aromatic rings. The molecule has 2 bridgehead atoms. The van der Waals surface area contributed by atoms with Crippen LogP contribution in [0.3, 0.4) is 0 Å². The number of hydrogen-bond acceptors (Lipinski definition) is 11. The van der Waals surface area contributed by atoms with Crippen molar-refractivity contribution in [3.63, 3.8) is 0 Å². The molecule has 202 valence electrons. The minimum Gasteiger partial charge on any atom is -0.467 e. The number of halogens is 1. The third-order valence-electron chi connectivity index (χ3n) is 7.63. The van der Waals surface area contributed by atoms with Gasteiger partial charge in [-0.1, -0.05) is 0 Å². The number of fused-ring (bicyclic) bond motifs is 3. The second-order valence-electron chi connectivity index (χ2n) is 10.2. The van der Waals surface area contributed by atoms with Gasteiger partial charge in [0.15, 0.2) is 22.3 Å². The lowest BCUT2D eigenvalue weighted by atomic mass is 9.86. The summed E-state index contributed by atoms with van der Waals surface area (Å²) in [6.07, 6.45) is 5.33. The molecular formula is C26H26FN7O4S. The minimum absolute atomic E-state index is 0.0125. The number of anilines is 2. The number of pyridine rings is 1. The summed E-state index contributed by atoms with van der Waals surface area (Å²) in [4.78, 5) is 22.0. The van der Waals surface area contributed by atoms with E-state index in [1.807, 2.05) is 0 Å². The summed E-state index contributed by atoms with van der Waals surface area (Å²) in [5, 5.41) is 2.28. The predicted molar refractivity (Wildman–Crippen MR) is 142 cm³/mol. The number of sulfone groups is 1. The van der Waals surface area contributed by atoms with Gasteiger partial charge >= 0.3 is 0 Å². The van der Waals surface area contributed by atoms with Crippen molar-refractivity contribution >= 4 is 38.2 Å². The minimum atomic E-state index is -3.67. The quantitative estimate of drug-likeness (QED) is 0.362. The van der Waals surface area contributed by atoms with E-state index in [0.29, 0.717) is 47.0 Å². The molecular weight excluding hydrogens is 525 g/mol. The Hall–Kier alpha value is -4.13. The molecule has 0 spiro atoms. The number of nitrogens with one attached hydrogen (secondary N) is 1. The summed E-state index contributed by atoms with van der Waals surface area (Å²) in [7, 11) is -3.67. The Labute approximate surface area is 223 Å². The molecule has 0 amide bonds. The van der Waals surface area contributed by atoms with Gasteiger partial charge in [0.1, 0.15) is 33.2 Å². The molecule has 3 aromatic heterocycles. The first-order valence-corrected chi connectivity index (χ1v) is 13.9. The molecule has 2 aliphatic rings. The van der Waals surface area contributed by atoms with E-state index in [2.05, 4.69) is 30.2 Å². The van der Waals surface area contributed by atoms with Gasteiger partial charge in [-0.15, -0.1) is 0 Å². The fraction of sp³-hybridized carbons (Fsp3) is 0.346. The van der Waals surface area contributed by atoms with Crippen LogP contribution >= 0.6 is 0 Å². The van der Waals surface area contributed by atoms with E-state index in [1.54, 1.807) is 45.3 Å². The lowest BCUT2D eigenvalue weighted by Gasteiger charge is -2.39. The van der Waals surface area contributed by atoms with Crippen molar-refractivity contribution in [1.82, 2.24) is 19.9 Å². The highest BCUT2D eigenvalue weighted by Gasteiger charge is 2.63. The number of aryl methyl sites for hydroxylation is 1. The molecule has 0 radical (unpaired) electrons. The number of hydrogen-bond donors (Lipinski definition) is 2. The fourth-order valence-electron chi connectivity index (χ4n) is 5.37. The molecule has 1 aromatic carbocycles. The Morgan fingerprint density at radius 1 is 1.21 bits per heavy atom. The second-order valence-corrected chi connectivity index (χ2v) is 12.7. The van der Waals surface area contributed by atoms with Crippen molar-refractivity contribution in [2.24, 2.45) is 10.7 Å². The number of benzene rings is 1. The smallest absolute Gasteiger partial charge is 0.233 e. The molecule has 11 nitrogen and oxygen atoms in total. The van der Waals surface area contributed by atoms with Gasteiger partial charge < -0.3 is 20.2 Å². The molecule has 6 rings (SSSR count). The van der Waals surface area contributed by atoms with Gasteiger partial charge in [-0.3, -0.25) is 4.99 Å². The largest absolute Gasteiger partial charge is 0.467 e. The first kappa shape index (κ1) is 25.2. The van der Waals surface area contributed by atoms with Gasteiger partial charge in [-0.05, 0) is 57.9 Å². The highest BCUT2D eigenvalue weighted by Crippen LogP contribution is 2.51. The Bertz CT molecular complexity index is 1760. The van der Waals surface area contributed by atoms with Gasteiger partial charge in [-0.2, -0.15) is 0 Å². The van der Waals surface area contributed by atoms with Gasteiger partial charge in [0.25, 0.3) is 0 Å². The summed E-state index contributed by atoms with van der Waals surface area (Å²) >= 11 is 0. The molecule has 13 heteroatoms. The highest BCUT2D eigenvalue weighted by molar-refractivity contribution is 7.94. The number of nitrogens with zero attached hydrogens (tertiary/aromatic N) is 5. The van der Waals surface area contributed by atoms with Crippen LogP contribution in [0, 0.1) is 12.7 Å². The summed E-state index contributed by atoms with van der Waals surface area (Å²) in [5.74, 6) is 1.21. The molecule has 0 unspecified atom stereocenters. The van der Waals surface area contributed by atoms with Crippen molar-refractivity contribution < 1.29 is 22.0 Å². The molecule has 2 aliphatic heterocycles. The Balaban J connectivity index is 1.31. The second kappa shape index (κ2) is 8.70. The first-order chi connectivity index (χ1) is 18.5. The maximum Gasteiger partial charge on any atom is 0.233 e. The van der Waals surface area contributed by atoms with E-state index in [1.165, 1.54) is 18.3 Å². The molecule has 5 heterocycles. The van der Waals surface area contributed by atoms with Crippen LogP contribution in [-0.2, 0) is 22.0 Å². The average molecular weight is 552 g/mol. The van der Waals surface area contributed by atoms with Crippen LogP contribution in [0.2, 0.25) is 0 Å². The van der Waals surface area contributed by atoms with Crippen molar-refractivity contribution in [2.45, 2.75) is 55.8 Å². The zero-order valence-electron chi connectivity index (χ0n) is 21.5. The first-order valence-electron chi connectivity index (χ1n) is 12.3. The predicted octanol–water partition coefficient (Wildman–Crippen LogP) is 3.70. The van der Waals surface area contributed by atoms with E-state index in [-0.39, 0.29) is 23.9 Å². The SMILES string of the molecule is Cc1cnc(COc2cnc3c(Nc4ccc(F)c([C@@]5(C)N=C(N)[C@@]6(C)CC[C@@H]5S6(=O)=O)c4)nccc3n2)o1. The van der Waals surface area contributed by atoms with Gasteiger partial charge in [0.05, 0.1) is 23.2 Å². The lowest BCUT2D eigenvalue weighted by Crippen LogP contribution is -2.55. The Morgan fingerprint density at radius 2 is 2.03 bits per heavy atom. The fourth-order valence-corrected chi connectivity index (χ4v) is 7.95. The zero-order valence-corrected chi connectivity index (χ0v) is 22.3. The summed E-state index contributed by atoms with van der Waals surface area (Å²) in [5.41, 5.74) is 6.39. The number of rotatable bonds is 6. The normalized spacial score (nSPS) is 25.4. The summed E-state index contributed by atoms with van der Waals surface area (Å²) < 4.78 is 51.8. The van der Waals surface area contributed by atoms with Crippen LogP contribution < -0.4 is 15.8 Å². The molecule has 0 saturated carbocycles. The zero-order chi connectivity index (χ0) is 27.6. The van der Waals surface area contributed by atoms with Crippen molar-refractivity contribution in [3.05, 3.63) is 65.9 Å². The number of nitrogens with two attached hydrogens (primary N) is 1. The Morgan fingerprint density at radius 3 is 2.79 bits per heavy atom. The van der Waals surface area contributed by atoms with Gasteiger partial charge in [0, 0.05) is 17.4 Å². The van der Waals surface area contributed by atoms with Crippen LogP contribution in [0.15, 0.2) is 52.3 Å². The molecule has 3 atom stereocenters. The van der Waals surface area contributed by atoms with E-state index < -0.39 is 31.2 Å². The van der Waals surface area contributed by atoms with Crippen LogP contribution in [0.1, 0.15) is 43.9 Å². The van der Waals surface area contributed by atoms with Gasteiger partial charge in [-0.25, -0.2) is 32.7 Å². The van der Waals surface area contributed by atoms with Crippen LogP contribution in [0.4, 0.5) is 15.9 Å². The molecule has 1 fully saturated rings. The number of aromatic nitrogens is 4. The van der Waals surface area contributed by atoms with Crippen LogP contribution in [0.25, 0.3) is 11.0 Å². The van der Waals surface area contributed by atoms with Crippen LogP contribution in [-0.4, -0.2) is 44.2 Å². The maximum absolute atomic E-state index is 15.2. The van der Waals surface area contributed by atoms with Crippen molar-refractivity contribution in [1.29, 1.82) is 0 Å². The molecule has 1 saturated heterocycles. The van der Waals surface area contributed by atoms with E-state index in [9.17, 15) is 8.42 Å². The highest BCUT2D eigenvalue weighted by atomic mass is 32.2. The number of amidine groups is 1. The van der Waals surface area contributed by atoms with E-state index >= 15 is 4.39 Å². The Kier molecular flexibility index (Phi) is 5.61.